The average molecular weight is 381 g/mol. The van der Waals surface area contributed by atoms with Crippen LogP contribution < -0.4 is 4.74 Å². The van der Waals surface area contributed by atoms with Gasteiger partial charge < -0.3 is 14.2 Å². The van der Waals surface area contributed by atoms with Crippen molar-refractivity contribution in [2.75, 3.05) is 33.8 Å². The second-order valence-electron chi connectivity index (χ2n) is 8.50. The van der Waals surface area contributed by atoms with E-state index in [1.807, 2.05) is 24.3 Å². The number of benzene rings is 1. The van der Waals surface area contributed by atoms with Crippen molar-refractivity contribution in [2.24, 2.45) is 5.92 Å². The summed E-state index contributed by atoms with van der Waals surface area (Å²) in [6.45, 7) is 3.41. The van der Waals surface area contributed by atoms with Gasteiger partial charge in [0.1, 0.15) is 11.6 Å². The first-order chi connectivity index (χ1) is 13.6. The zero-order valence-electron chi connectivity index (χ0n) is 16.6. The van der Waals surface area contributed by atoms with E-state index in [2.05, 4.69) is 31.6 Å². The SMILES string of the molecule is COc1ccc(-c2nnc3n2C2(CCN(C(=O)C4CC4)CC2)CN(C)C3)cc1. The summed E-state index contributed by atoms with van der Waals surface area (Å²) in [5.41, 5.74) is 1.00. The Labute approximate surface area is 165 Å². The number of amides is 1. The van der Waals surface area contributed by atoms with Crippen molar-refractivity contribution < 1.29 is 9.53 Å². The Kier molecular flexibility index (Phi) is 4.16. The molecule has 0 N–H and O–H groups in total. The van der Waals surface area contributed by atoms with E-state index in [0.717, 1.165) is 74.8 Å². The van der Waals surface area contributed by atoms with Gasteiger partial charge in [-0.1, -0.05) is 0 Å². The molecule has 2 fully saturated rings. The highest BCUT2D eigenvalue weighted by atomic mass is 16.5. The van der Waals surface area contributed by atoms with Crippen molar-refractivity contribution in [1.29, 1.82) is 0 Å². The maximum Gasteiger partial charge on any atom is 0.225 e. The van der Waals surface area contributed by atoms with Crippen LogP contribution in [0, 0.1) is 5.92 Å². The zero-order chi connectivity index (χ0) is 19.3. The van der Waals surface area contributed by atoms with Crippen LogP contribution in [0.1, 0.15) is 31.5 Å². The molecule has 1 aromatic heterocycles. The summed E-state index contributed by atoms with van der Waals surface area (Å²) in [7, 11) is 3.82. The second kappa shape index (κ2) is 6.58. The standard InChI is InChI=1S/C21H27N5O2/c1-24-13-18-22-23-19(15-5-7-17(28-2)8-6-15)26(18)21(14-24)9-11-25(12-10-21)20(27)16-3-4-16/h5-8,16H,3-4,9-14H2,1-2H3. The molecule has 2 aliphatic heterocycles. The average Bonchev–Trinajstić information content (AvgIpc) is 3.48. The number of carbonyl (C=O) groups is 1. The number of ether oxygens (including phenoxy) is 1. The van der Waals surface area contributed by atoms with Gasteiger partial charge in [-0.3, -0.25) is 9.69 Å². The van der Waals surface area contributed by atoms with Crippen molar-refractivity contribution in [3.05, 3.63) is 30.1 Å². The minimum Gasteiger partial charge on any atom is -0.497 e. The summed E-state index contributed by atoms with van der Waals surface area (Å²) in [4.78, 5) is 16.9. The molecule has 3 aliphatic rings. The molecule has 1 aromatic carbocycles. The summed E-state index contributed by atoms with van der Waals surface area (Å²) in [5.74, 6) is 3.43. The minimum atomic E-state index is -0.0541. The lowest BCUT2D eigenvalue weighted by Crippen LogP contribution is -2.56. The Hall–Kier alpha value is -2.41. The quantitative estimate of drug-likeness (QED) is 0.815. The molecule has 5 rings (SSSR count). The van der Waals surface area contributed by atoms with E-state index in [4.69, 9.17) is 4.74 Å². The molecule has 0 bridgehead atoms. The number of aromatic nitrogens is 3. The topological polar surface area (TPSA) is 63.5 Å². The smallest absolute Gasteiger partial charge is 0.225 e. The Morgan fingerprint density at radius 2 is 1.86 bits per heavy atom. The summed E-state index contributed by atoms with van der Waals surface area (Å²) in [5, 5.41) is 9.09. The maximum atomic E-state index is 12.5. The Balaban J connectivity index is 1.48. The fraction of sp³-hybridized carbons (Fsp3) is 0.571. The van der Waals surface area contributed by atoms with Crippen LogP contribution in [0.15, 0.2) is 24.3 Å². The second-order valence-corrected chi connectivity index (χ2v) is 8.50. The third-order valence-electron chi connectivity index (χ3n) is 6.46. The van der Waals surface area contributed by atoms with E-state index in [-0.39, 0.29) is 5.54 Å². The van der Waals surface area contributed by atoms with Gasteiger partial charge in [0.25, 0.3) is 0 Å². The molecule has 28 heavy (non-hydrogen) atoms. The number of methoxy groups -OCH3 is 1. The van der Waals surface area contributed by atoms with Gasteiger partial charge in [0.15, 0.2) is 5.82 Å². The predicted molar refractivity (Wildman–Crippen MR) is 105 cm³/mol. The van der Waals surface area contributed by atoms with E-state index in [1.54, 1.807) is 7.11 Å². The van der Waals surface area contributed by atoms with E-state index < -0.39 is 0 Å². The Morgan fingerprint density at radius 1 is 1.14 bits per heavy atom. The Morgan fingerprint density at radius 3 is 2.50 bits per heavy atom. The lowest BCUT2D eigenvalue weighted by Gasteiger charge is -2.48. The molecule has 1 saturated carbocycles. The first-order valence-electron chi connectivity index (χ1n) is 10.2. The third-order valence-corrected chi connectivity index (χ3v) is 6.46. The van der Waals surface area contributed by atoms with Gasteiger partial charge in [-0.2, -0.15) is 0 Å². The maximum absolute atomic E-state index is 12.5. The molecule has 3 heterocycles. The molecule has 0 unspecified atom stereocenters. The van der Waals surface area contributed by atoms with Gasteiger partial charge in [-0.25, -0.2) is 0 Å². The van der Waals surface area contributed by atoms with Gasteiger partial charge in [-0.05, 0) is 57.0 Å². The molecule has 1 spiro atoms. The summed E-state index contributed by atoms with van der Waals surface area (Å²) in [6.07, 6.45) is 4.04. The highest BCUT2D eigenvalue weighted by molar-refractivity contribution is 5.81. The van der Waals surface area contributed by atoms with Gasteiger partial charge in [-0.15, -0.1) is 10.2 Å². The summed E-state index contributed by atoms with van der Waals surface area (Å²) < 4.78 is 7.66. The van der Waals surface area contributed by atoms with Gasteiger partial charge in [0, 0.05) is 31.1 Å². The van der Waals surface area contributed by atoms with E-state index in [0.29, 0.717) is 11.8 Å². The monoisotopic (exact) mass is 381 g/mol. The lowest BCUT2D eigenvalue weighted by molar-refractivity contribution is -0.135. The minimum absolute atomic E-state index is 0.0541. The van der Waals surface area contributed by atoms with Crippen LogP contribution in [0.5, 0.6) is 5.75 Å². The molecule has 7 nitrogen and oxygen atoms in total. The van der Waals surface area contributed by atoms with E-state index in [1.165, 1.54) is 0 Å². The highest BCUT2D eigenvalue weighted by Gasteiger charge is 2.45. The number of carbonyl (C=O) groups excluding carboxylic acids is 1. The van der Waals surface area contributed by atoms with Crippen LogP contribution in [-0.2, 0) is 16.9 Å². The van der Waals surface area contributed by atoms with Crippen molar-refractivity contribution in [3.63, 3.8) is 0 Å². The van der Waals surface area contributed by atoms with E-state index >= 15 is 0 Å². The van der Waals surface area contributed by atoms with Gasteiger partial charge in [0.05, 0.1) is 19.2 Å². The van der Waals surface area contributed by atoms with Crippen LogP contribution >= 0.6 is 0 Å². The number of likely N-dealkylation sites (N-methyl/N-ethyl adjacent to an activating group) is 1. The summed E-state index contributed by atoms with van der Waals surface area (Å²) >= 11 is 0. The molecule has 1 aliphatic carbocycles. The number of hydrogen-bond acceptors (Lipinski definition) is 5. The molecular formula is C21H27N5O2. The van der Waals surface area contributed by atoms with Crippen molar-refractivity contribution in [3.8, 4) is 17.1 Å². The fourth-order valence-corrected chi connectivity index (χ4v) is 4.83. The number of likely N-dealkylation sites (tertiary alicyclic amines) is 1. The first-order valence-corrected chi connectivity index (χ1v) is 10.2. The van der Waals surface area contributed by atoms with Crippen molar-refractivity contribution in [1.82, 2.24) is 24.6 Å². The van der Waals surface area contributed by atoms with Crippen molar-refractivity contribution >= 4 is 5.91 Å². The largest absolute Gasteiger partial charge is 0.497 e. The number of fused-ring (bicyclic) bond motifs is 2. The zero-order valence-corrected chi connectivity index (χ0v) is 16.6. The molecule has 2 aromatic rings. The highest BCUT2D eigenvalue weighted by Crippen LogP contribution is 2.40. The predicted octanol–water partition coefficient (Wildman–Crippen LogP) is 2.13. The molecule has 148 valence electrons. The van der Waals surface area contributed by atoms with Crippen LogP contribution in [0.2, 0.25) is 0 Å². The fourth-order valence-electron chi connectivity index (χ4n) is 4.83. The number of rotatable bonds is 3. The van der Waals surface area contributed by atoms with Crippen LogP contribution in [0.4, 0.5) is 0 Å². The van der Waals surface area contributed by atoms with Gasteiger partial charge in [0.2, 0.25) is 5.91 Å². The van der Waals surface area contributed by atoms with Gasteiger partial charge >= 0.3 is 0 Å². The third kappa shape index (κ3) is 2.89. The Bertz CT molecular complexity index is 879. The van der Waals surface area contributed by atoms with Crippen molar-refractivity contribution in [2.45, 2.75) is 37.8 Å². The molecule has 0 atom stereocenters. The lowest BCUT2D eigenvalue weighted by atomic mass is 9.84. The number of piperidine rings is 1. The molecule has 7 heteroatoms. The van der Waals surface area contributed by atoms with Crippen LogP contribution in [0.25, 0.3) is 11.4 Å². The molecule has 1 saturated heterocycles. The molecule has 1 amide bonds. The molecular weight excluding hydrogens is 354 g/mol. The number of hydrogen-bond donors (Lipinski definition) is 0. The summed E-state index contributed by atoms with van der Waals surface area (Å²) in [6, 6.07) is 8.03. The van der Waals surface area contributed by atoms with Crippen LogP contribution in [-0.4, -0.2) is 64.3 Å². The number of nitrogens with zero attached hydrogens (tertiary/aromatic N) is 5. The normalized spacial score (nSPS) is 21.6. The molecule has 0 radical (unpaired) electrons. The van der Waals surface area contributed by atoms with Crippen LogP contribution in [0.3, 0.4) is 0 Å². The first kappa shape index (κ1) is 17.7. The van der Waals surface area contributed by atoms with E-state index in [9.17, 15) is 4.79 Å².